The number of amides is 2. The number of carbonyl (C=O) groups excluding carboxylic acids is 2. The van der Waals surface area contributed by atoms with E-state index in [9.17, 15) is 9.59 Å². The Morgan fingerprint density at radius 1 is 1.42 bits per heavy atom. The summed E-state index contributed by atoms with van der Waals surface area (Å²) in [5.41, 5.74) is 6.03. The molecule has 6 nitrogen and oxygen atoms in total. The lowest BCUT2D eigenvalue weighted by Gasteiger charge is -2.08. The maximum atomic E-state index is 11.7. The molecule has 106 valence electrons. The van der Waals surface area contributed by atoms with Crippen LogP contribution in [0, 0.1) is 0 Å². The molecule has 0 radical (unpaired) electrons. The van der Waals surface area contributed by atoms with Gasteiger partial charge in [0.2, 0.25) is 5.91 Å². The van der Waals surface area contributed by atoms with Crippen LogP contribution in [0.2, 0.25) is 0 Å². The van der Waals surface area contributed by atoms with Crippen molar-refractivity contribution < 1.29 is 9.59 Å². The molecule has 19 heavy (non-hydrogen) atoms. The Labute approximate surface area is 116 Å². The number of thiazole rings is 1. The van der Waals surface area contributed by atoms with E-state index in [0.717, 1.165) is 5.01 Å². The number of hydrogen-bond donors (Lipinski definition) is 3. The zero-order valence-electron chi connectivity index (χ0n) is 11.4. The number of hydrogen-bond acceptors (Lipinski definition) is 5. The van der Waals surface area contributed by atoms with Crippen LogP contribution in [-0.2, 0) is 4.79 Å². The molecule has 0 aliphatic rings. The average molecular weight is 284 g/mol. The molecule has 0 saturated heterocycles. The molecule has 1 aromatic heterocycles. The average Bonchev–Trinajstić information content (AvgIpc) is 2.76. The van der Waals surface area contributed by atoms with Crippen LogP contribution in [0.15, 0.2) is 5.38 Å². The van der Waals surface area contributed by atoms with Gasteiger partial charge in [0, 0.05) is 24.4 Å². The Morgan fingerprint density at radius 3 is 2.63 bits per heavy atom. The van der Waals surface area contributed by atoms with Crippen molar-refractivity contribution in [2.75, 3.05) is 6.54 Å². The third-order valence-electron chi connectivity index (χ3n) is 2.23. The lowest BCUT2D eigenvalue weighted by atomic mass is 10.3. The molecule has 0 bridgehead atoms. The minimum absolute atomic E-state index is 0.0788. The van der Waals surface area contributed by atoms with Gasteiger partial charge in [-0.3, -0.25) is 9.59 Å². The highest BCUT2D eigenvalue weighted by molar-refractivity contribution is 7.09. The lowest BCUT2D eigenvalue weighted by Crippen LogP contribution is -2.34. The van der Waals surface area contributed by atoms with Gasteiger partial charge in [-0.15, -0.1) is 11.3 Å². The summed E-state index contributed by atoms with van der Waals surface area (Å²) in [7, 11) is 0. The maximum absolute atomic E-state index is 11.7. The molecule has 1 rings (SSSR count). The van der Waals surface area contributed by atoms with Crippen molar-refractivity contribution in [3.63, 3.8) is 0 Å². The largest absolute Gasteiger partial charge is 0.354 e. The zero-order chi connectivity index (χ0) is 14.4. The molecule has 4 N–H and O–H groups in total. The van der Waals surface area contributed by atoms with E-state index in [4.69, 9.17) is 5.73 Å². The molecule has 1 aromatic rings. The van der Waals surface area contributed by atoms with Gasteiger partial charge in [-0.25, -0.2) is 4.98 Å². The van der Waals surface area contributed by atoms with E-state index >= 15 is 0 Å². The maximum Gasteiger partial charge on any atom is 0.270 e. The van der Waals surface area contributed by atoms with E-state index in [-0.39, 0.29) is 30.3 Å². The fourth-order valence-corrected chi connectivity index (χ4v) is 2.13. The standard InChI is InChI=1S/C12H20N4O2S/c1-7(2)15-10(17)4-5-14-11(18)9-6-19-12(16-9)8(3)13/h6-8H,4-5,13H2,1-3H3,(H,14,18)(H,15,17). The highest BCUT2D eigenvalue weighted by Gasteiger charge is 2.12. The minimum atomic E-state index is -0.277. The summed E-state index contributed by atoms with van der Waals surface area (Å²) < 4.78 is 0. The number of nitrogens with zero attached hydrogens (tertiary/aromatic N) is 1. The first-order valence-electron chi connectivity index (χ1n) is 6.18. The zero-order valence-corrected chi connectivity index (χ0v) is 12.2. The van der Waals surface area contributed by atoms with Gasteiger partial charge in [0.05, 0.1) is 6.04 Å². The Bertz CT molecular complexity index is 443. The van der Waals surface area contributed by atoms with Crippen LogP contribution < -0.4 is 16.4 Å². The molecule has 0 aliphatic heterocycles. The summed E-state index contributed by atoms with van der Waals surface area (Å²) in [6.07, 6.45) is 0.258. The Morgan fingerprint density at radius 2 is 2.11 bits per heavy atom. The van der Waals surface area contributed by atoms with Crippen molar-refractivity contribution >= 4 is 23.2 Å². The number of nitrogens with one attached hydrogen (secondary N) is 2. The van der Waals surface area contributed by atoms with Crippen LogP contribution >= 0.6 is 11.3 Å². The summed E-state index contributed by atoms with van der Waals surface area (Å²) in [6.45, 7) is 5.89. The minimum Gasteiger partial charge on any atom is -0.354 e. The van der Waals surface area contributed by atoms with Crippen LogP contribution in [-0.4, -0.2) is 29.4 Å². The van der Waals surface area contributed by atoms with Gasteiger partial charge in [-0.05, 0) is 20.8 Å². The molecule has 0 aliphatic carbocycles. The van der Waals surface area contributed by atoms with Gasteiger partial charge in [-0.2, -0.15) is 0 Å². The van der Waals surface area contributed by atoms with Crippen molar-refractivity contribution in [3.05, 3.63) is 16.1 Å². The molecule has 0 aromatic carbocycles. The van der Waals surface area contributed by atoms with Crippen LogP contribution in [0.5, 0.6) is 0 Å². The fourth-order valence-electron chi connectivity index (χ4n) is 1.38. The summed E-state index contributed by atoms with van der Waals surface area (Å²) in [5.74, 6) is -0.356. The van der Waals surface area contributed by atoms with E-state index < -0.39 is 0 Å². The van der Waals surface area contributed by atoms with Gasteiger partial charge in [0.1, 0.15) is 10.7 Å². The molecule has 0 spiro atoms. The van der Waals surface area contributed by atoms with Crippen molar-refractivity contribution in [1.82, 2.24) is 15.6 Å². The number of nitrogens with two attached hydrogens (primary N) is 1. The molecule has 1 unspecified atom stereocenters. The molecule has 2 amide bonds. The third-order valence-corrected chi connectivity index (χ3v) is 3.28. The predicted molar refractivity (Wildman–Crippen MR) is 74.9 cm³/mol. The van der Waals surface area contributed by atoms with E-state index in [1.807, 2.05) is 20.8 Å². The summed E-state index contributed by atoms with van der Waals surface area (Å²) >= 11 is 1.36. The molecule has 0 saturated carbocycles. The van der Waals surface area contributed by atoms with Crippen molar-refractivity contribution in [2.45, 2.75) is 39.3 Å². The first-order chi connectivity index (χ1) is 8.90. The van der Waals surface area contributed by atoms with E-state index in [2.05, 4.69) is 15.6 Å². The second-order valence-corrected chi connectivity index (χ2v) is 5.48. The molecular weight excluding hydrogens is 264 g/mol. The van der Waals surface area contributed by atoms with Gasteiger partial charge in [0.25, 0.3) is 5.91 Å². The monoisotopic (exact) mass is 284 g/mol. The third kappa shape index (κ3) is 5.35. The number of rotatable bonds is 6. The lowest BCUT2D eigenvalue weighted by molar-refractivity contribution is -0.121. The smallest absolute Gasteiger partial charge is 0.270 e. The SMILES string of the molecule is CC(C)NC(=O)CCNC(=O)c1csc(C(C)N)n1. The fraction of sp³-hybridized carbons (Fsp3) is 0.583. The number of carbonyl (C=O) groups is 2. The molecule has 1 atom stereocenters. The summed E-state index contributed by atoms with van der Waals surface area (Å²) in [6, 6.07) is -0.0706. The second kappa shape index (κ2) is 7.20. The van der Waals surface area contributed by atoms with Crippen LogP contribution in [0.4, 0.5) is 0 Å². The predicted octanol–water partition coefficient (Wildman–Crippen LogP) is 0.807. The van der Waals surface area contributed by atoms with Crippen molar-refractivity contribution in [1.29, 1.82) is 0 Å². The van der Waals surface area contributed by atoms with Crippen molar-refractivity contribution in [3.8, 4) is 0 Å². The quantitative estimate of drug-likeness (QED) is 0.720. The molecule has 7 heteroatoms. The van der Waals surface area contributed by atoms with E-state index in [0.29, 0.717) is 12.2 Å². The Balaban J connectivity index is 2.36. The van der Waals surface area contributed by atoms with Crippen LogP contribution in [0.25, 0.3) is 0 Å². The summed E-state index contributed by atoms with van der Waals surface area (Å²) in [4.78, 5) is 27.3. The first-order valence-corrected chi connectivity index (χ1v) is 7.06. The van der Waals surface area contributed by atoms with E-state index in [1.54, 1.807) is 5.38 Å². The summed E-state index contributed by atoms with van der Waals surface area (Å²) in [5, 5.41) is 7.81. The molecule has 1 heterocycles. The Kier molecular flexibility index (Phi) is 5.91. The normalized spacial score (nSPS) is 12.3. The van der Waals surface area contributed by atoms with Gasteiger partial charge < -0.3 is 16.4 Å². The first kappa shape index (κ1) is 15.6. The van der Waals surface area contributed by atoms with E-state index in [1.165, 1.54) is 11.3 Å². The van der Waals surface area contributed by atoms with Gasteiger partial charge in [0.15, 0.2) is 0 Å². The van der Waals surface area contributed by atoms with Crippen LogP contribution in [0.3, 0.4) is 0 Å². The number of aromatic nitrogens is 1. The van der Waals surface area contributed by atoms with Crippen molar-refractivity contribution in [2.24, 2.45) is 5.73 Å². The van der Waals surface area contributed by atoms with Gasteiger partial charge >= 0.3 is 0 Å². The second-order valence-electron chi connectivity index (χ2n) is 4.59. The highest BCUT2D eigenvalue weighted by atomic mass is 32.1. The Hall–Kier alpha value is -1.47. The van der Waals surface area contributed by atoms with Gasteiger partial charge in [-0.1, -0.05) is 0 Å². The highest BCUT2D eigenvalue weighted by Crippen LogP contribution is 2.15. The van der Waals surface area contributed by atoms with Crippen LogP contribution in [0.1, 0.15) is 48.7 Å². The molecular formula is C12H20N4O2S. The molecule has 0 fully saturated rings. The topological polar surface area (TPSA) is 97.1 Å².